The summed E-state index contributed by atoms with van der Waals surface area (Å²) in [6, 6.07) is 0. The van der Waals surface area contributed by atoms with E-state index in [4.69, 9.17) is 0 Å². The van der Waals surface area contributed by atoms with Gasteiger partial charge in [-0.05, 0) is 17.2 Å². The molecule has 0 saturated carbocycles. The molecule has 3 aliphatic rings. The number of rotatable bonds is 1. The van der Waals surface area contributed by atoms with E-state index in [9.17, 15) is 9.59 Å². The normalized spacial score (nSPS) is 23.2. The van der Waals surface area contributed by atoms with Crippen LogP contribution in [0.25, 0.3) is 0 Å². The van der Waals surface area contributed by atoms with Gasteiger partial charge in [0.15, 0.2) is 0 Å². The molecule has 3 rings (SSSR count). The third-order valence-electron chi connectivity index (χ3n) is 3.16. The van der Waals surface area contributed by atoms with Gasteiger partial charge >= 0.3 is 0 Å². The lowest BCUT2D eigenvalue weighted by Crippen LogP contribution is -2.43. The minimum Gasteiger partial charge on any atom is -0.337 e. The maximum Gasteiger partial charge on any atom is 0.231 e. The summed E-state index contributed by atoms with van der Waals surface area (Å²) in [5.74, 6) is 0.153. The van der Waals surface area contributed by atoms with Gasteiger partial charge in [0.25, 0.3) is 0 Å². The van der Waals surface area contributed by atoms with Gasteiger partial charge in [0.2, 0.25) is 12.3 Å². The Morgan fingerprint density at radius 3 is 2.94 bits per heavy atom. The molecule has 0 radical (unpaired) electrons. The van der Waals surface area contributed by atoms with Gasteiger partial charge in [-0.2, -0.15) is 0 Å². The maximum atomic E-state index is 11.7. The zero-order valence-electron chi connectivity index (χ0n) is 8.85. The molecule has 0 aliphatic carbocycles. The van der Waals surface area contributed by atoms with Gasteiger partial charge < -0.3 is 9.80 Å². The monoisotopic (exact) mass is 216 g/mol. The second-order valence-corrected chi connectivity index (χ2v) is 4.31. The van der Waals surface area contributed by atoms with Crippen molar-refractivity contribution in [1.82, 2.24) is 9.80 Å². The van der Waals surface area contributed by atoms with Crippen molar-refractivity contribution in [3.05, 3.63) is 35.1 Å². The second kappa shape index (κ2) is 3.33. The Balaban J connectivity index is 2.05. The van der Waals surface area contributed by atoms with E-state index in [2.05, 4.69) is 6.08 Å². The molecule has 0 aromatic heterocycles. The Labute approximate surface area is 93.5 Å². The van der Waals surface area contributed by atoms with Crippen LogP contribution in [0, 0.1) is 0 Å². The number of allylic oxidation sites excluding steroid dienone is 1. The van der Waals surface area contributed by atoms with Gasteiger partial charge in [0.1, 0.15) is 0 Å². The molecule has 0 saturated heterocycles. The van der Waals surface area contributed by atoms with Crippen LogP contribution in [0.5, 0.6) is 0 Å². The second-order valence-electron chi connectivity index (χ2n) is 4.31. The van der Waals surface area contributed by atoms with Gasteiger partial charge in [-0.3, -0.25) is 9.59 Å². The first-order chi connectivity index (χ1) is 7.78. The number of amides is 2. The number of hydrogen-bond acceptors (Lipinski definition) is 2. The number of fused-ring (bicyclic) bond motifs is 2. The van der Waals surface area contributed by atoms with Crippen molar-refractivity contribution in [1.29, 1.82) is 0 Å². The van der Waals surface area contributed by atoms with Gasteiger partial charge in [0.05, 0.1) is 0 Å². The molecule has 0 atom stereocenters. The summed E-state index contributed by atoms with van der Waals surface area (Å²) in [7, 11) is 0. The summed E-state index contributed by atoms with van der Waals surface area (Å²) in [4.78, 5) is 26.1. The highest BCUT2D eigenvalue weighted by atomic mass is 16.2. The topological polar surface area (TPSA) is 40.6 Å². The first-order valence-corrected chi connectivity index (χ1v) is 5.37. The molecular weight excluding hydrogens is 204 g/mol. The molecule has 0 unspecified atom stereocenters. The van der Waals surface area contributed by atoms with Crippen LogP contribution in [0.4, 0.5) is 0 Å². The van der Waals surface area contributed by atoms with Crippen LogP contribution < -0.4 is 0 Å². The molecule has 3 aliphatic heterocycles. The molecule has 0 fully saturated rings. The van der Waals surface area contributed by atoms with Crippen LogP contribution in [0.15, 0.2) is 35.1 Å². The zero-order chi connectivity index (χ0) is 11.1. The first-order valence-electron chi connectivity index (χ1n) is 5.37. The molecule has 16 heavy (non-hydrogen) atoms. The minimum absolute atomic E-state index is 0.153. The van der Waals surface area contributed by atoms with Gasteiger partial charge in [-0.15, -0.1) is 0 Å². The van der Waals surface area contributed by atoms with E-state index in [0.29, 0.717) is 26.1 Å². The third kappa shape index (κ3) is 1.30. The molecule has 4 heteroatoms. The Morgan fingerprint density at radius 1 is 1.25 bits per heavy atom. The van der Waals surface area contributed by atoms with Gasteiger partial charge in [-0.25, -0.2) is 0 Å². The molecular formula is C12H12N2O2. The van der Waals surface area contributed by atoms with Crippen LogP contribution in [0.2, 0.25) is 0 Å². The summed E-state index contributed by atoms with van der Waals surface area (Å²) >= 11 is 0. The van der Waals surface area contributed by atoms with Crippen molar-refractivity contribution in [2.75, 3.05) is 19.6 Å². The predicted molar refractivity (Wildman–Crippen MR) is 58.2 cm³/mol. The van der Waals surface area contributed by atoms with Crippen molar-refractivity contribution in [2.24, 2.45) is 0 Å². The van der Waals surface area contributed by atoms with Crippen molar-refractivity contribution < 1.29 is 9.59 Å². The maximum absolute atomic E-state index is 11.7. The lowest BCUT2D eigenvalue weighted by Gasteiger charge is -2.38. The number of carbonyl (C=O) groups is 2. The van der Waals surface area contributed by atoms with Gasteiger partial charge in [0, 0.05) is 31.8 Å². The molecule has 4 nitrogen and oxygen atoms in total. The van der Waals surface area contributed by atoms with E-state index >= 15 is 0 Å². The van der Waals surface area contributed by atoms with Crippen molar-refractivity contribution in [3.8, 4) is 0 Å². The summed E-state index contributed by atoms with van der Waals surface area (Å²) in [5.41, 5.74) is 3.18. The fourth-order valence-corrected chi connectivity index (χ4v) is 2.46. The van der Waals surface area contributed by atoms with Crippen LogP contribution in [0.3, 0.4) is 0 Å². The molecule has 0 spiro atoms. The Morgan fingerprint density at radius 2 is 2.12 bits per heavy atom. The van der Waals surface area contributed by atoms with E-state index in [0.717, 1.165) is 23.3 Å². The molecule has 0 aromatic rings. The highest BCUT2D eigenvalue weighted by Gasteiger charge is 2.29. The van der Waals surface area contributed by atoms with Crippen molar-refractivity contribution in [3.63, 3.8) is 0 Å². The largest absolute Gasteiger partial charge is 0.337 e. The molecule has 0 N–H and O–H groups in total. The molecule has 82 valence electrons. The van der Waals surface area contributed by atoms with E-state index < -0.39 is 0 Å². The lowest BCUT2D eigenvalue weighted by atomic mass is 9.96. The third-order valence-corrected chi connectivity index (χ3v) is 3.16. The molecule has 2 amide bonds. The van der Waals surface area contributed by atoms with Crippen molar-refractivity contribution in [2.45, 2.75) is 6.42 Å². The molecule has 0 aromatic carbocycles. The summed E-state index contributed by atoms with van der Waals surface area (Å²) in [6.07, 6.45) is 7.35. The first kappa shape index (κ1) is 9.39. The number of nitrogens with zero attached hydrogens (tertiary/aromatic N) is 2. The average molecular weight is 216 g/mol. The van der Waals surface area contributed by atoms with Crippen LogP contribution in [-0.4, -0.2) is 41.8 Å². The van der Waals surface area contributed by atoms with E-state index in [1.807, 2.05) is 17.1 Å². The minimum atomic E-state index is 0.153. The Kier molecular flexibility index (Phi) is 1.96. The number of carbonyl (C=O) groups excluding carboxylic acids is 2. The quantitative estimate of drug-likeness (QED) is 0.597. The molecule has 2 bridgehead atoms. The van der Waals surface area contributed by atoms with Crippen molar-refractivity contribution >= 4 is 12.3 Å². The number of hydrogen-bond donors (Lipinski definition) is 0. The van der Waals surface area contributed by atoms with Crippen LogP contribution in [-0.2, 0) is 9.59 Å². The Bertz CT molecular complexity index is 460. The Hall–Kier alpha value is -1.84. The van der Waals surface area contributed by atoms with Crippen LogP contribution >= 0.6 is 0 Å². The highest BCUT2D eigenvalue weighted by Crippen LogP contribution is 2.29. The van der Waals surface area contributed by atoms with E-state index in [1.54, 1.807) is 4.90 Å². The SMILES string of the molecule is O=CN1CC2=CC(=C3C=CCC(=O)N3C2)C1. The standard InChI is InChI=1S/C12H12N2O2/c15-8-13-5-9-4-10(7-13)11-2-1-3-12(16)14(11)6-9/h1-2,4,8H,3,5-7H2. The summed E-state index contributed by atoms with van der Waals surface area (Å²) < 4.78 is 0. The highest BCUT2D eigenvalue weighted by molar-refractivity contribution is 5.83. The smallest absolute Gasteiger partial charge is 0.231 e. The van der Waals surface area contributed by atoms with Crippen LogP contribution in [0.1, 0.15) is 6.42 Å². The summed E-state index contributed by atoms with van der Waals surface area (Å²) in [6.45, 7) is 1.89. The fraction of sp³-hybridized carbons (Fsp3) is 0.333. The predicted octanol–water partition coefficient (Wildman–Crippen LogP) is 0.441. The van der Waals surface area contributed by atoms with E-state index in [1.165, 1.54) is 0 Å². The average Bonchev–Trinajstić information content (AvgIpc) is 2.30. The zero-order valence-corrected chi connectivity index (χ0v) is 8.85. The fourth-order valence-electron chi connectivity index (χ4n) is 2.46. The summed E-state index contributed by atoms with van der Waals surface area (Å²) in [5, 5.41) is 0. The van der Waals surface area contributed by atoms with E-state index in [-0.39, 0.29) is 5.91 Å². The lowest BCUT2D eigenvalue weighted by molar-refractivity contribution is -0.128. The molecule has 3 heterocycles. The van der Waals surface area contributed by atoms with Gasteiger partial charge in [-0.1, -0.05) is 12.2 Å².